The van der Waals surface area contributed by atoms with Gasteiger partial charge in [0, 0.05) is 26.4 Å². The average Bonchev–Trinajstić information content (AvgIpc) is 2.22. The fraction of sp³-hybridized carbons (Fsp3) is 0.625. The van der Waals surface area contributed by atoms with Crippen LogP contribution < -0.4 is 10.2 Å². The molecule has 1 N–H and O–H groups in total. The highest BCUT2D eigenvalue weighted by Crippen LogP contribution is 2.29. The van der Waals surface area contributed by atoms with Gasteiger partial charge in [0.2, 0.25) is 17.2 Å². The maximum Gasteiger partial charge on any atom is 0.441 e. The lowest BCUT2D eigenvalue weighted by Gasteiger charge is -2.12. The number of rotatable bonds is 5. The fourth-order valence-electron chi connectivity index (χ4n) is 0.948. The Morgan fingerprint density at radius 3 is 2.50 bits per heavy atom. The standard InChI is InChI=1S/C8H11ClF3N5S/c1-17(2)7-15-5(9)14-6(16-7)13-3-4-18-8(10,11)12/h3-4H2,1-2H3,(H,13,14,15,16). The molecule has 0 fully saturated rings. The summed E-state index contributed by atoms with van der Waals surface area (Å²) in [6.07, 6.45) is 0. The van der Waals surface area contributed by atoms with Crippen molar-refractivity contribution in [2.24, 2.45) is 0 Å². The molecule has 0 bridgehead atoms. The summed E-state index contributed by atoms with van der Waals surface area (Å²) in [6.45, 7) is 0.0807. The van der Waals surface area contributed by atoms with Crippen LogP contribution in [-0.4, -0.2) is 46.9 Å². The normalized spacial score (nSPS) is 11.4. The molecule has 0 unspecified atom stereocenters. The summed E-state index contributed by atoms with van der Waals surface area (Å²) >= 11 is 5.56. The van der Waals surface area contributed by atoms with Gasteiger partial charge in [-0.1, -0.05) is 0 Å². The molecule has 102 valence electrons. The first-order valence-electron chi connectivity index (χ1n) is 4.81. The van der Waals surface area contributed by atoms with Crippen molar-refractivity contribution in [1.29, 1.82) is 0 Å². The smallest absolute Gasteiger partial charge is 0.353 e. The highest BCUT2D eigenvalue weighted by Gasteiger charge is 2.27. The molecule has 1 aromatic heterocycles. The number of hydrogen-bond donors (Lipinski definition) is 1. The molecule has 18 heavy (non-hydrogen) atoms. The van der Waals surface area contributed by atoms with Gasteiger partial charge in [-0.25, -0.2) is 0 Å². The predicted octanol–water partition coefficient (Wildman–Crippen LogP) is 2.26. The lowest BCUT2D eigenvalue weighted by molar-refractivity contribution is -0.0327. The van der Waals surface area contributed by atoms with Gasteiger partial charge in [0.15, 0.2) is 0 Å². The minimum Gasteiger partial charge on any atom is -0.353 e. The van der Waals surface area contributed by atoms with Crippen LogP contribution in [0.5, 0.6) is 0 Å². The van der Waals surface area contributed by atoms with Gasteiger partial charge in [0.1, 0.15) is 0 Å². The van der Waals surface area contributed by atoms with Crippen molar-refractivity contribution in [2.45, 2.75) is 5.51 Å². The minimum atomic E-state index is -4.23. The first kappa shape index (κ1) is 15.1. The number of thioether (sulfide) groups is 1. The minimum absolute atomic E-state index is 0.0142. The molecule has 1 heterocycles. The Kier molecular flexibility index (Phi) is 5.27. The van der Waals surface area contributed by atoms with E-state index in [1.54, 1.807) is 19.0 Å². The maximum absolute atomic E-state index is 11.9. The second-order valence-corrected chi connectivity index (χ2v) is 4.84. The third-order valence-corrected chi connectivity index (χ3v) is 2.55. The number of aromatic nitrogens is 3. The van der Waals surface area contributed by atoms with E-state index in [9.17, 15) is 13.2 Å². The molecule has 0 saturated heterocycles. The van der Waals surface area contributed by atoms with Crippen LogP contribution in [0, 0.1) is 0 Å². The zero-order valence-corrected chi connectivity index (χ0v) is 11.2. The summed E-state index contributed by atoms with van der Waals surface area (Å²) in [6, 6.07) is 0. The van der Waals surface area contributed by atoms with Gasteiger partial charge >= 0.3 is 5.51 Å². The van der Waals surface area contributed by atoms with E-state index in [0.717, 1.165) is 0 Å². The Bertz CT molecular complexity index is 401. The number of anilines is 2. The average molecular weight is 302 g/mol. The fourth-order valence-corrected chi connectivity index (χ4v) is 1.54. The lowest BCUT2D eigenvalue weighted by atomic mass is 10.7. The number of alkyl halides is 3. The Balaban J connectivity index is 2.52. The summed E-state index contributed by atoms with van der Waals surface area (Å²) in [5.41, 5.74) is -4.23. The Morgan fingerprint density at radius 2 is 1.94 bits per heavy atom. The van der Waals surface area contributed by atoms with Gasteiger partial charge in [0.25, 0.3) is 0 Å². The van der Waals surface area contributed by atoms with E-state index in [1.165, 1.54) is 0 Å². The molecule has 0 spiro atoms. The van der Waals surface area contributed by atoms with Crippen LogP contribution in [0.1, 0.15) is 0 Å². The molecule has 0 atom stereocenters. The largest absolute Gasteiger partial charge is 0.441 e. The topological polar surface area (TPSA) is 53.9 Å². The van der Waals surface area contributed by atoms with Crippen LogP contribution in [0.4, 0.5) is 25.1 Å². The third kappa shape index (κ3) is 5.58. The number of nitrogens with one attached hydrogen (secondary N) is 1. The monoisotopic (exact) mass is 301 g/mol. The van der Waals surface area contributed by atoms with Crippen molar-refractivity contribution in [2.75, 3.05) is 36.6 Å². The second kappa shape index (κ2) is 6.28. The third-order valence-electron chi connectivity index (χ3n) is 1.65. The summed E-state index contributed by atoms with van der Waals surface area (Å²) in [5.74, 6) is 0.354. The molecule has 5 nitrogen and oxygen atoms in total. The highest BCUT2D eigenvalue weighted by atomic mass is 35.5. The number of nitrogens with zero attached hydrogens (tertiary/aromatic N) is 4. The van der Waals surface area contributed by atoms with E-state index in [4.69, 9.17) is 11.6 Å². The Morgan fingerprint density at radius 1 is 1.28 bits per heavy atom. The quantitative estimate of drug-likeness (QED) is 0.842. The van der Waals surface area contributed by atoms with Crippen LogP contribution in [0.2, 0.25) is 5.28 Å². The summed E-state index contributed by atoms with van der Waals surface area (Å²) in [7, 11) is 3.43. The first-order chi connectivity index (χ1) is 8.28. The van der Waals surface area contributed by atoms with Crippen LogP contribution in [-0.2, 0) is 0 Å². The Labute approximate surface area is 111 Å². The molecule has 0 saturated carbocycles. The summed E-state index contributed by atoms with van der Waals surface area (Å²) < 4.78 is 35.6. The molecule has 0 amide bonds. The van der Waals surface area contributed by atoms with Crippen LogP contribution in [0.25, 0.3) is 0 Å². The van der Waals surface area contributed by atoms with Crippen LogP contribution in [0.15, 0.2) is 0 Å². The van der Waals surface area contributed by atoms with Gasteiger partial charge in [-0.15, -0.1) is 0 Å². The van der Waals surface area contributed by atoms with Gasteiger partial charge < -0.3 is 10.2 Å². The van der Waals surface area contributed by atoms with E-state index < -0.39 is 5.51 Å². The highest BCUT2D eigenvalue weighted by molar-refractivity contribution is 8.00. The zero-order valence-electron chi connectivity index (χ0n) is 9.62. The second-order valence-electron chi connectivity index (χ2n) is 3.34. The SMILES string of the molecule is CN(C)c1nc(Cl)nc(NCCSC(F)(F)F)n1. The molecule has 10 heteroatoms. The van der Waals surface area contributed by atoms with E-state index in [0.29, 0.717) is 5.95 Å². The molecule has 0 aromatic carbocycles. The van der Waals surface area contributed by atoms with E-state index in [-0.39, 0.29) is 35.3 Å². The van der Waals surface area contributed by atoms with Gasteiger partial charge in [-0.3, -0.25) is 0 Å². The maximum atomic E-state index is 11.9. The summed E-state index contributed by atoms with van der Waals surface area (Å²) in [5, 5.41) is 2.64. The van der Waals surface area contributed by atoms with E-state index >= 15 is 0 Å². The van der Waals surface area contributed by atoms with Crippen molar-refractivity contribution >= 4 is 35.3 Å². The molecular weight excluding hydrogens is 291 g/mol. The van der Waals surface area contributed by atoms with Crippen molar-refractivity contribution in [3.63, 3.8) is 0 Å². The first-order valence-corrected chi connectivity index (χ1v) is 6.18. The molecule has 1 aromatic rings. The van der Waals surface area contributed by atoms with Gasteiger partial charge in [0.05, 0.1) is 0 Å². The van der Waals surface area contributed by atoms with Gasteiger partial charge in [-0.05, 0) is 23.4 Å². The summed E-state index contributed by atoms with van der Waals surface area (Å²) in [4.78, 5) is 13.2. The van der Waals surface area contributed by atoms with Crippen LogP contribution >= 0.6 is 23.4 Å². The molecule has 0 radical (unpaired) electrons. The predicted molar refractivity (Wildman–Crippen MR) is 66.2 cm³/mol. The van der Waals surface area contributed by atoms with Crippen molar-refractivity contribution in [1.82, 2.24) is 15.0 Å². The Hall–Kier alpha value is -0.960. The molecule has 0 aliphatic rings. The van der Waals surface area contributed by atoms with Crippen molar-refractivity contribution in [3.8, 4) is 0 Å². The molecule has 0 aliphatic carbocycles. The molecular formula is C8H11ClF3N5S. The zero-order chi connectivity index (χ0) is 13.8. The van der Waals surface area contributed by atoms with Crippen LogP contribution in [0.3, 0.4) is 0 Å². The lowest BCUT2D eigenvalue weighted by Crippen LogP contribution is -2.16. The van der Waals surface area contributed by atoms with Crippen molar-refractivity contribution in [3.05, 3.63) is 5.28 Å². The molecule has 1 rings (SSSR count). The van der Waals surface area contributed by atoms with E-state index in [2.05, 4.69) is 20.3 Å². The molecule has 0 aliphatic heterocycles. The number of halogens is 4. The number of hydrogen-bond acceptors (Lipinski definition) is 6. The van der Waals surface area contributed by atoms with E-state index in [1.807, 2.05) is 0 Å². The van der Waals surface area contributed by atoms with Crippen molar-refractivity contribution < 1.29 is 13.2 Å². The van der Waals surface area contributed by atoms with Gasteiger partial charge in [-0.2, -0.15) is 28.1 Å².